The zero-order chi connectivity index (χ0) is 19.2. The largest absolute Gasteiger partial charge is 0.460 e. The molecule has 2 aliphatic rings. The Bertz CT molecular complexity index is 711. The number of nitrogens with one attached hydrogen (secondary N) is 2. The number of rotatable bonds is 6. The van der Waals surface area contributed by atoms with Crippen molar-refractivity contribution in [1.29, 1.82) is 0 Å². The van der Waals surface area contributed by atoms with E-state index in [1.807, 2.05) is 24.3 Å². The molecule has 3 rings (SSSR count). The molecule has 0 spiro atoms. The van der Waals surface area contributed by atoms with Crippen LogP contribution in [0, 0.1) is 0 Å². The lowest BCUT2D eigenvalue weighted by atomic mass is 9.95. The number of benzene rings is 1. The maximum absolute atomic E-state index is 12.5. The fourth-order valence-corrected chi connectivity index (χ4v) is 3.21. The molecule has 2 heterocycles. The Balaban J connectivity index is 1.80. The van der Waals surface area contributed by atoms with E-state index in [0.717, 1.165) is 24.3 Å². The van der Waals surface area contributed by atoms with Gasteiger partial charge in [0.1, 0.15) is 6.61 Å². The van der Waals surface area contributed by atoms with Gasteiger partial charge >= 0.3 is 12.0 Å². The fourth-order valence-electron chi connectivity index (χ4n) is 3.21. The molecule has 0 radical (unpaired) electrons. The molecule has 1 aromatic carbocycles. The Morgan fingerprint density at radius 1 is 1.22 bits per heavy atom. The summed E-state index contributed by atoms with van der Waals surface area (Å²) in [7, 11) is 1.54. The number of carbonyl (C=O) groups is 2. The standard InChI is InChI=1S/C19H25N3O5/c1-13-16(18(23)27-12-11-25-2)17(21-19(24)20-13)14-3-5-15(6-4-14)22-7-9-26-10-8-22/h3-6,17H,7-12H2,1-2H3,(H2,20,21,24)/t17-/m1/s1. The summed E-state index contributed by atoms with van der Waals surface area (Å²) in [6.07, 6.45) is 0. The fraction of sp³-hybridized carbons (Fsp3) is 0.474. The second-order valence-electron chi connectivity index (χ2n) is 6.39. The molecule has 2 N–H and O–H groups in total. The maximum Gasteiger partial charge on any atom is 0.338 e. The monoisotopic (exact) mass is 375 g/mol. The van der Waals surface area contributed by atoms with Crippen molar-refractivity contribution in [3.63, 3.8) is 0 Å². The highest BCUT2D eigenvalue weighted by molar-refractivity contribution is 5.95. The third-order valence-corrected chi connectivity index (χ3v) is 4.61. The van der Waals surface area contributed by atoms with Crippen molar-refractivity contribution in [3.05, 3.63) is 41.1 Å². The molecule has 1 fully saturated rings. The average molecular weight is 375 g/mol. The molecule has 0 saturated carbocycles. The molecule has 1 atom stereocenters. The van der Waals surface area contributed by atoms with Crippen LogP contribution in [0.4, 0.5) is 10.5 Å². The zero-order valence-corrected chi connectivity index (χ0v) is 15.6. The van der Waals surface area contributed by atoms with Gasteiger partial charge < -0.3 is 29.7 Å². The Kier molecular flexibility index (Phi) is 6.31. The van der Waals surface area contributed by atoms with Gasteiger partial charge in [0, 0.05) is 31.6 Å². The van der Waals surface area contributed by atoms with Gasteiger partial charge in [-0.3, -0.25) is 0 Å². The van der Waals surface area contributed by atoms with Crippen molar-refractivity contribution < 1.29 is 23.8 Å². The summed E-state index contributed by atoms with van der Waals surface area (Å²) in [5.41, 5.74) is 2.79. The third-order valence-electron chi connectivity index (χ3n) is 4.61. The molecular weight excluding hydrogens is 350 g/mol. The van der Waals surface area contributed by atoms with E-state index >= 15 is 0 Å². The lowest BCUT2D eigenvalue weighted by molar-refractivity contribution is -0.140. The molecule has 2 aliphatic heterocycles. The molecule has 0 aliphatic carbocycles. The minimum atomic E-state index is -0.562. The number of ether oxygens (including phenoxy) is 3. The Morgan fingerprint density at radius 3 is 2.59 bits per heavy atom. The van der Waals surface area contributed by atoms with Crippen molar-refractivity contribution in [1.82, 2.24) is 10.6 Å². The summed E-state index contributed by atoms with van der Waals surface area (Å²) in [6.45, 7) is 5.29. The minimum absolute atomic E-state index is 0.156. The van der Waals surface area contributed by atoms with Gasteiger partial charge in [-0.1, -0.05) is 12.1 Å². The number of morpholine rings is 1. The van der Waals surface area contributed by atoms with Crippen LogP contribution >= 0.6 is 0 Å². The number of nitrogens with zero attached hydrogens (tertiary/aromatic N) is 1. The SMILES string of the molecule is COCCOC(=O)C1=C(C)NC(=O)N[C@@H]1c1ccc(N2CCOCC2)cc1. The number of anilines is 1. The van der Waals surface area contributed by atoms with Gasteiger partial charge in [-0.25, -0.2) is 9.59 Å². The number of hydrogen-bond acceptors (Lipinski definition) is 6. The summed E-state index contributed by atoms with van der Waals surface area (Å²) < 4.78 is 15.6. The molecule has 1 saturated heterocycles. The minimum Gasteiger partial charge on any atom is -0.460 e. The van der Waals surface area contributed by atoms with Gasteiger partial charge in [-0.15, -0.1) is 0 Å². The quantitative estimate of drug-likeness (QED) is 0.576. The summed E-state index contributed by atoms with van der Waals surface area (Å²) in [4.78, 5) is 26.7. The van der Waals surface area contributed by atoms with Crippen LogP contribution in [-0.2, 0) is 19.0 Å². The van der Waals surface area contributed by atoms with E-state index in [4.69, 9.17) is 14.2 Å². The van der Waals surface area contributed by atoms with Gasteiger partial charge in [0.2, 0.25) is 0 Å². The Hall–Kier alpha value is -2.58. The van der Waals surface area contributed by atoms with Crippen molar-refractivity contribution in [2.45, 2.75) is 13.0 Å². The molecule has 0 unspecified atom stereocenters. The van der Waals surface area contributed by atoms with Crippen molar-refractivity contribution >= 4 is 17.7 Å². The van der Waals surface area contributed by atoms with Crippen LogP contribution in [0.5, 0.6) is 0 Å². The van der Waals surface area contributed by atoms with Crippen LogP contribution in [0.2, 0.25) is 0 Å². The lowest BCUT2D eigenvalue weighted by Gasteiger charge is -2.30. The van der Waals surface area contributed by atoms with Crippen LogP contribution < -0.4 is 15.5 Å². The predicted octanol–water partition coefficient (Wildman–Crippen LogP) is 1.34. The van der Waals surface area contributed by atoms with Gasteiger partial charge in [0.25, 0.3) is 0 Å². The number of allylic oxidation sites excluding steroid dienone is 1. The summed E-state index contributed by atoms with van der Waals surface area (Å²) in [5.74, 6) is -0.473. The van der Waals surface area contributed by atoms with Crippen molar-refractivity contribution in [2.24, 2.45) is 0 Å². The first kappa shape index (κ1) is 19.2. The van der Waals surface area contributed by atoms with E-state index in [1.165, 1.54) is 0 Å². The highest BCUT2D eigenvalue weighted by atomic mass is 16.6. The number of urea groups is 1. The molecule has 0 bridgehead atoms. The molecule has 1 aromatic rings. The smallest absolute Gasteiger partial charge is 0.338 e. The number of amides is 2. The van der Waals surface area contributed by atoms with Crippen LogP contribution in [0.15, 0.2) is 35.5 Å². The molecule has 27 heavy (non-hydrogen) atoms. The Morgan fingerprint density at radius 2 is 1.93 bits per heavy atom. The van der Waals surface area contributed by atoms with E-state index in [2.05, 4.69) is 15.5 Å². The van der Waals surface area contributed by atoms with E-state index in [1.54, 1.807) is 14.0 Å². The molecule has 8 heteroatoms. The van der Waals surface area contributed by atoms with Gasteiger partial charge in [0.05, 0.1) is 31.4 Å². The van der Waals surface area contributed by atoms with Crippen LogP contribution in [-0.4, -0.2) is 58.6 Å². The zero-order valence-electron chi connectivity index (χ0n) is 15.6. The Labute approximate surface area is 158 Å². The average Bonchev–Trinajstić information content (AvgIpc) is 2.68. The highest BCUT2D eigenvalue weighted by Crippen LogP contribution is 2.29. The van der Waals surface area contributed by atoms with Gasteiger partial charge in [0.15, 0.2) is 0 Å². The molecule has 0 aromatic heterocycles. The third kappa shape index (κ3) is 4.58. The van der Waals surface area contributed by atoms with E-state index < -0.39 is 12.0 Å². The number of carbonyl (C=O) groups excluding carboxylic acids is 2. The second kappa shape index (κ2) is 8.88. The van der Waals surface area contributed by atoms with E-state index in [0.29, 0.717) is 31.1 Å². The van der Waals surface area contributed by atoms with Gasteiger partial charge in [-0.05, 0) is 24.6 Å². The first-order chi connectivity index (χ1) is 13.1. The molecule has 2 amide bonds. The summed E-state index contributed by atoms with van der Waals surface area (Å²) >= 11 is 0. The molecule has 146 valence electrons. The molecular formula is C19H25N3O5. The van der Waals surface area contributed by atoms with Crippen molar-refractivity contribution in [2.75, 3.05) is 51.5 Å². The first-order valence-corrected chi connectivity index (χ1v) is 8.97. The summed E-state index contributed by atoms with van der Waals surface area (Å²) in [6, 6.07) is 6.94. The lowest BCUT2D eigenvalue weighted by Crippen LogP contribution is -2.45. The second-order valence-corrected chi connectivity index (χ2v) is 6.39. The maximum atomic E-state index is 12.5. The highest BCUT2D eigenvalue weighted by Gasteiger charge is 2.32. The number of esters is 1. The van der Waals surface area contributed by atoms with E-state index in [-0.39, 0.29) is 12.6 Å². The number of hydrogen-bond donors (Lipinski definition) is 2. The first-order valence-electron chi connectivity index (χ1n) is 8.97. The van der Waals surface area contributed by atoms with Gasteiger partial charge in [-0.2, -0.15) is 0 Å². The summed E-state index contributed by atoms with van der Waals surface area (Å²) in [5, 5.41) is 5.45. The van der Waals surface area contributed by atoms with Crippen LogP contribution in [0.1, 0.15) is 18.5 Å². The van der Waals surface area contributed by atoms with Crippen LogP contribution in [0.25, 0.3) is 0 Å². The van der Waals surface area contributed by atoms with Crippen LogP contribution in [0.3, 0.4) is 0 Å². The predicted molar refractivity (Wildman–Crippen MR) is 99.4 cm³/mol. The number of methoxy groups -OCH3 is 1. The molecule has 8 nitrogen and oxygen atoms in total. The van der Waals surface area contributed by atoms with E-state index in [9.17, 15) is 9.59 Å². The normalized spacial score (nSPS) is 20.1. The topological polar surface area (TPSA) is 89.1 Å². The van der Waals surface area contributed by atoms with Crippen molar-refractivity contribution in [3.8, 4) is 0 Å².